The Hall–Kier alpha value is -1.06. The van der Waals surface area contributed by atoms with Gasteiger partial charge in [-0.15, -0.1) is 0 Å². The van der Waals surface area contributed by atoms with Gasteiger partial charge in [-0.25, -0.2) is 0 Å². The average molecular weight is 194 g/mol. The van der Waals surface area contributed by atoms with Crippen LogP contribution in [-0.2, 0) is 6.42 Å². The van der Waals surface area contributed by atoms with E-state index in [1.54, 1.807) is 12.1 Å². The lowest BCUT2D eigenvalue weighted by molar-refractivity contribution is 0.347. The van der Waals surface area contributed by atoms with Gasteiger partial charge in [-0.05, 0) is 31.2 Å². The third kappa shape index (κ3) is 3.77. The minimum atomic E-state index is 0.337. The van der Waals surface area contributed by atoms with Crippen molar-refractivity contribution in [3.05, 3.63) is 29.8 Å². The highest BCUT2D eigenvalue weighted by Crippen LogP contribution is 2.11. The topological polar surface area (TPSA) is 49.5 Å². The number of hydrogen-bond acceptors (Lipinski definition) is 3. The van der Waals surface area contributed by atoms with Gasteiger partial charge in [0.15, 0.2) is 0 Å². The average Bonchev–Trinajstić information content (AvgIpc) is 2.15. The Morgan fingerprint density at radius 2 is 2.14 bits per heavy atom. The van der Waals surface area contributed by atoms with Crippen molar-refractivity contribution in [3.63, 3.8) is 0 Å². The van der Waals surface area contributed by atoms with Crippen LogP contribution >= 0.6 is 0 Å². The quantitative estimate of drug-likeness (QED) is 0.729. The van der Waals surface area contributed by atoms with Gasteiger partial charge in [0.25, 0.3) is 0 Å². The van der Waals surface area contributed by atoms with Crippen molar-refractivity contribution >= 4 is 0 Å². The lowest BCUT2D eigenvalue weighted by Crippen LogP contribution is -2.27. The second-order valence-electron chi connectivity index (χ2n) is 3.51. The van der Waals surface area contributed by atoms with E-state index in [1.165, 1.54) is 0 Å². The van der Waals surface area contributed by atoms with Crippen molar-refractivity contribution in [1.29, 1.82) is 0 Å². The van der Waals surface area contributed by atoms with Crippen LogP contribution in [-0.4, -0.2) is 36.7 Å². The minimum absolute atomic E-state index is 0.337. The molecule has 0 saturated heterocycles. The summed E-state index contributed by atoms with van der Waals surface area (Å²) < 4.78 is 0. The molecule has 0 aliphatic rings. The van der Waals surface area contributed by atoms with E-state index in [1.807, 2.05) is 12.1 Å². The van der Waals surface area contributed by atoms with Crippen LogP contribution in [0, 0.1) is 0 Å². The van der Waals surface area contributed by atoms with Gasteiger partial charge in [0.1, 0.15) is 5.75 Å². The molecule has 1 rings (SSSR count). The fourth-order valence-corrected chi connectivity index (χ4v) is 1.36. The molecule has 0 spiro atoms. The van der Waals surface area contributed by atoms with Gasteiger partial charge in [-0.2, -0.15) is 0 Å². The van der Waals surface area contributed by atoms with Crippen LogP contribution < -0.4 is 5.73 Å². The lowest BCUT2D eigenvalue weighted by Gasteiger charge is -2.14. The van der Waals surface area contributed by atoms with E-state index in [0.29, 0.717) is 12.3 Å². The standard InChI is InChI=1S/C11H18N2O/c1-13(8-6-12)7-5-10-3-2-4-11(14)9-10/h2-4,9,14H,5-8,12H2,1H3. The molecule has 0 atom stereocenters. The van der Waals surface area contributed by atoms with Crippen molar-refractivity contribution in [2.24, 2.45) is 5.73 Å². The first kappa shape index (κ1) is 11.0. The molecule has 0 aromatic heterocycles. The molecule has 0 unspecified atom stereocenters. The van der Waals surface area contributed by atoms with Crippen LogP contribution in [0.2, 0.25) is 0 Å². The molecule has 0 saturated carbocycles. The highest BCUT2D eigenvalue weighted by Gasteiger charge is 1.98. The molecule has 0 heterocycles. The molecule has 0 aliphatic heterocycles. The summed E-state index contributed by atoms with van der Waals surface area (Å²) in [5.74, 6) is 0.337. The van der Waals surface area contributed by atoms with E-state index in [9.17, 15) is 5.11 Å². The van der Waals surface area contributed by atoms with Crippen molar-refractivity contribution in [2.45, 2.75) is 6.42 Å². The Bertz CT molecular complexity index is 276. The summed E-state index contributed by atoms with van der Waals surface area (Å²) in [7, 11) is 2.05. The number of aromatic hydroxyl groups is 1. The van der Waals surface area contributed by atoms with Crippen LogP contribution in [0.4, 0.5) is 0 Å². The van der Waals surface area contributed by atoms with Crippen LogP contribution in [0.3, 0.4) is 0 Å². The Morgan fingerprint density at radius 3 is 2.79 bits per heavy atom. The first-order valence-corrected chi connectivity index (χ1v) is 4.89. The summed E-state index contributed by atoms with van der Waals surface area (Å²) >= 11 is 0. The molecule has 1 aromatic carbocycles. The zero-order chi connectivity index (χ0) is 10.4. The van der Waals surface area contributed by atoms with E-state index < -0.39 is 0 Å². The predicted octanol–water partition coefficient (Wildman–Crippen LogP) is 0.825. The summed E-state index contributed by atoms with van der Waals surface area (Å²) in [6, 6.07) is 7.38. The maximum atomic E-state index is 9.25. The van der Waals surface area contributed by atoms with Crippen molar-refractivity contribution in [1.82, 2.24) is 4.90 Å². The molecule has 3 nitrogen and oxygen atoms in total. The molecule has 0 aliphatic carbocycles. The first-order chi connectivity index (χ1) is 6.72. The van der Waals surface area contributed by atoms with Crippen molar-refractivity contribution < 1.29 is 5.11 Å². The highest BCUT2D eigenvalue weighted by atomic mass is 16.3. The highest BCUT2D eigenvalue weighted by molar-refractivity contribution is 5.27. The first-order valence-electron chi connectivity index (χ1n) is 4.89. The van der Waals surface area contributed by atoms with Crippen molar-refractivity contribution in [3.8, 4) is 5.75 Å². The molecule has 0 bridgehead atoms. The summed E-state index contributed by atoms with van der Waals surface area (Å²) in [5.41, 5.74) is 6.60. The maximum absolute atomic E-state index is 9.25. The Morgan fingerprint density at radius 1 is 1.36 bits per heavy atom. The third-order valence-corrected chi connectivity index (χ3v) is 2.20. The normalized spacial score (nSPS) is 10.8. The van der Waals surface area contributed by atoms with Gasteiger partial charge < -0.3 is 15.7 Å². The predicted molar refractivity (Wildman–Crippen MR) is 58.4 cm³/mol. The Kier molecular flexibility index (Phi) is 4.43. The molecule has 0 amide bonds. The number of phenols is 1. The van der Waals surface area contributed by atoms with Crippen LogP contribution in [0.5, 0.6) is 5.75 Å². The second-order valence-corrected chi connectivity index (χ2v) is 3.51. The van der Waals surface area contributed by atoms with Crippen molar-refractivity contribution in [2.75, 3.05) is 26.7 Å². The molecule has 0 fully saturated rings. The third-order valence-electron chi connectivity index (χ3n) is 2.20. The summed E-state index contributed by atoms with van der Waals surface area (Å²) in [5, 5.41) is 9.25. The van der Waals surface area contributed by atoms with E-state index >= 15 is 0 Å². The molecule has 3 N–H and O–H groups in total. The number of hydrogen-bond donors (Lipinski definition) is 2. The summed E-state index contributed by atoms with van der Waals surface area (Å²) in [6.07, 6.45) is 0.949. The van der Waals surface area contributed by atoms with Gasteiger partial charge in [-0.1, -0.05) is 12.1 Å². The zero-order valence-corrected chi connectivity index (χ0v) is 8.61. The fourth-order valence-electron chi connectivity index (χ4n) is 1.36. The molecular formula is C11H18N2O. The molecular weight excluding hydrogens is 176 g/mol. The van der Waals surface area contributed by atoms with E-state index in [-0.39, 0.29) is 0 Å². The van der Waals surface area contributed by atoms with Crippen LogP contribution in [0.1, 0.15) is 5.56 Å². The summed E-state index contributed by atoms with van der Waals surface area (Å²) in [4.78, 5) is 2.18. The SMILES string of the molecule is CN(CCN)CCc1cccc(O)c1. The van der Waals surface area contributed by atoms with Gasteiger partial charge in [0, 0.05) is 19.6 Å². The molecule has 14 heavy (non-hydrogen) atoms. The fraction of sp³-hybridized carbons (Fsp3) is 0.455. The van der Waals surface area contributed by atoms with Gasteiger partial charge in [0.05, 0.1) is 0 Å². The van der Waals surface area contributed by atoms with E-state index in [4.69, 9.17) is 5.73 Å². The molecule has 3 heteroatoms. The Balaban J connectivity index is 2.37. The van der Waals surface area contributed by atoms with E-state index in [2.05, 4.69) is 11.9 Å². The largest absolute Gasteiger partial charge is 0.508 e. The number of benzene rings is 1. The lowest BCUT2D eigenvalue weighted by atomic mass is 10.1. The van der Waals surface area contributed by atoms with Gasteiger partial charge >= 0.3 is 0 Å². The minimum Gasteiger partial charge on any atom is -0.508 e. The van der Waals surface area contributed by atoms with Crippen LogP contribution in [0.15, 0.2) is 24.3 Å². The van der Waals surface area contributed by atoms with Gasteiger partial charge in [0.2, 0.25) is 0 Å². The Labute approximate surface area is 85.2 Å². The number of likely N-dealkylation sites (N-methyl/N-ethyl adjacent to an activating group) is 1. The molecule has 78 valence electrons. The monoisotopic (exact) mass is 194 g/mol. The number of nitrogens with two attached hydrogens (primary N) is 1. The van der Waals surface area contributed by atoms with E-state index in [0.717, 1.165) is 25.1 Å². The zero-order valence-electron chi connectivity index (χ0n) is 8.61. The number of rotatable bonds is 5. The molecule has 0 radical (unpaired) electrons. The number of phenolic OH excluding ortho intramolecular Hbond substituents is 1. The summed E-state index contributed by atoms with van der Waals surface area (Å²) in [6.45, 7) is 2.58. The number of nitrogens with zero attached hydrogens (tertiary/aromatic N) is 1. The smallest absolute Gasteiger partial charge is 0.115 e. The molecule has 1 aromatic rings. The van der Waals surface area contributed by atoms with Gasteiger partial charge in [-0.3, -0.25) is 0 Å². The van der Waals surface area contributed by atoms with Crippen LogP contribution in [0.25, 0.3) is 0 Å². The second kappa shape index (κ2) is 5.62. The maximum Gasteiger partial charge on any atom is 0.115 e.